The number of benzene rings is 2. The Morgan fingerprint density at radius 1 is 1.03 bits per heavy atom. The van der Waals surface area contributed by atoms with Crippen LogP contribution in [0.4, 0.5) is 4.79 Å². The van der Waals surface area contributed by atoms with Crippen molar-refractivity contribution in [2.45, 2.75) is 56.5 Å². The first-order valence-corrected chi connectivity index (χ1v) is 12.5. The van der Waals surface area contributed by atoms with E-state index >= 15 is 0 Å². The van der Waals surface area contributed by atoms with Crippen LogP contribution in [0.25, 0.3) is 0 Å². The lowest BCUT2D eigenvalue weighted by atomic mass is 9.99. The molecule has 1 aliphatic heterocycles. The zero-order valence-electron chi connectivity index (χ0n) is 21.0. The van der Waals surface area contributed by atoms with Gasteiger partial charge in [-0.05, 0) is 36.9 Å². The van der Waals surface area contributed by atoms with Crippen molar-refractivity contribution in [2.75, 3.05) is 13.1 Å². The molecule has 6 N–H and O–H groups in total. The fourth-order valence-corrected chi connectivity index (χ4v) is 4.35. The number of alkyl carbamates (subject to hydrolysis) is 1. The predicted octanol–water partition coefficient (Wildman–Crippen LogP) is 0.794. The molecule has 4 atom stereocenters. The van der Waals surface area contributed by atoms with Gasteiger partial charge in [-0.2, -0.15) is 0 Å². The number of nitrogens with one attached hydrogen (secondary N) is 2. The molecule has 11 nitrogen and oxygen atoms in total. The lowest BCUT2D eigenvalue weighted by Crippen LogP contribution is -2.55. The largest absolute Gasteiger partial charge is 0.480 e. The van der Waals surface area contributed by atoms with Gasteiger partial charge in [0.15, 0.2) is 0 Å². The molecule has 1 saturated heterocycles. The quantitative estimate of drug-likeness (QED) is 0.268. The number of nitrogens with two attached hydrogens (primary N) is 1. The number of aliphatic carboxylic acids is 1. The van der Waals surface area contributed by atoms with Gasteiger partial charge in [-0.3, -0.25) is 24.6 Å². The van der Waals surface area contributed by atoms with E-state index in [9.17, 15) is 29.4 Å². The molecular weight excluding hydrogens is 492 g/mol. The van der Waals surface area contributed by atoms with Gasteiger partial charge in [-0.1, -0.05) is 60.7 Å². The summed E-state index contributed by atoms with van der Waals surface area (Å²) in [6.45, 7) is 0.559. The second kappa shape index (κ2) is 14.2. The number of imide groups is 1. The Labute approximate surface area is 221 Å². The number of aliphatic hydroxyl groups is 1. The van der Waals surface area contributed by atoms with Gasteiger partial charge >= 0.3 is 12.1 Å². The first kappa shape index (κ1) is 28.8. The third-order valence-corrected chi connectivity index (χ3v) is 6.36. The van der Waals surface area contributed by atoms with Crippen molar-refractivity contribution in [1.29, 1.82) is 0 Å². The van der Waals surface area contributed by atoms with Gasteiger partial charge in [-0.25, -0.2) is 4.79 Å². The van der Waals surface area contributed by atoms with Gasteiger partial charge in [0.25, 0.3) is 0 Å². The molecule has 204 valence electrons. The molecule has 0 spiro atoms. The minimum atomic E-state index is -1.29. The molecule has 1 heterocycles. The molecule has 0 aromatic heterocycles. The highest BCUT2D eigenvalue weighted by Gasteiger charge is 2.34. The Kier molecular flexibility index (Phi) is 10.8. The molecular formula is C27H34N4O7. The van der Waals surface area contributed by atoms with E-state index in [1.54, 1.807) is 29.2 Å². The van der Waals surface area contributed by atoms with E-state index in [0.29, 0.717) is 19.4 Å². The van der Waals surface area contributed by atoms with Crippen LogP contribution in [0.5, 0.6) is 0 Å². The Morgan fingerprint density at radius 3 is 2.29 bits per heavy atom. The van der Waals surface area contributed by atoms with Gasteiger partial charge in [-0.15, -0.1) is 0 Å². The van der Waals surface area contributed by atoms with Crippen molar-refractivity contribution in [3.05, 3.63) is 71.8 Å². The number of carboxylic acids is 1. The third kappa shape index (κ3) is 8.94. The minimum absolute atomic E-state index is 0.0225. The molecule has 0 bridgehead atoms. The number of nitrogens with zero attached hydrogens (tertiary/aromatic N) is 1. The zero-order chi connectivity index (χ0) is 27.5. The van der Waals surface area contributed by atoms with Crippen LogP contribution < -0.4 is 16.4 Å². The molecule has 0 aliphatic carbocycles. The molecule has 2 unspecified atom stereocenters. The third-order valence-electron chi connectivity index (χ3n) is 6.36. The van der Waals surface area contributed by atoms with Gasteiger partial charge in [0.2, 0.25) is 11.8 Å². The second-order valence-corrected chi connectivity index (χ2v) is 9.28. The van der Waals surface area contributed by atoms with Gasteiger partial charge in [0.05, 0.1) is 24.6 Å². The second-order valence-electron chi connectivity index (χ2n) is 9.28. The average molecular weight is 527 g/mol. The summed E-state index contributed by atoms with van der Waals surface area (Å²) in [6, 6.07) is 15.3. The van der Waals surface area contributed by atoms with E-state index in [2.05, 4.69) is 5.32 Å². The summed E-state index contributed by atoms with van der Waals surface area (Å²) in [4.78, 5) is 50.2. The van der Waals surface area contributed by atoms with Crippen molar-refractivity contribution in [2.24, 2.45) is 5.73 Å². The summed E-state index contributed by atoms with van der Waals surface area (Å²) in [5.41, 5.74) is 7.53. The van der Waals surface area contributed by atoms with Crippen LogP contribution in [0.15, 0.2) is 60.7 Å². The van der Waals surface area contributed by atoms with E-state index in [1.165, 1.54) is 0 Å². The molecule has 0 radical (unpaired) electrons. The topological polar surface area (TPSA) is 171 Å². The molecule has 2 aromatic carbocycles. The fourth-order valence-electron chi connectivity index (χ4n) is 4.35. The Bertz CT molecular complexity index is 1080. The van der Waals surface area contributed by atoms with Crippen molar-refractivity contribution in [1.82, 2.24) is 15.5 Å². The van der Waals surface area contributed by atoms with E-state index < -0.39 is 54.5 Å². The molecule has 3 amide bonds. The van der Waals surface area contributed by atoms with Crippen LogP contribution in [0.1, 0.15) is 30.4 Å². The number of ether oxygens (including phenoxy) is 1. The van der Waals surface area contributed by atoms with Crippen LogP contribution in [0.2, 0.25) is 0 Å². The van der Waals surface area contributed by atoms with Crippen molar-refractivity contribution in [3.8, 4) is 0 Å². The number of amides is 3. The standard InChI is InChI=1S/C27H34N4O7/c28-20(15-24(33)30-27(37)38-17-19-10-5-2-6-11-19)25(34)29-21(14-18-8-3-1-4-9-18)23(32)16-31-13-7-12-22(31)26(35)36/h1-6,8-11,20-23,32H,7,12-17,28H2,(H,29,34)(H,35,36)(H,30,33,37)/t20-,21?,22-,23?/m0/s1. The summed E-state index contributed by atoms with van der Waals surface area (Å²) in [7, 11) is 0. The number of likely N-dealkylation sites (tertiary alicyclic amines) is 1. The SMILES string of the molecule is N[C@@H](CC(=O)NC(=O)OCc1ccccc1)C(=O)NC(Cc1ccccc1)C(O)CN1CCC[C@H]1C(=O)O. The van der Waals surface area contributed by atoms with E-state index in [4.69, 9.17) is 10.5 Å². The summed E-state index contributed by atoms with van der Waals surface area (Å²) in [5, 5.41) is 25.2. The molecule has 3 rings (SSSR count). The monoisotopic (exact) mass is 526 g/mol. The molecule has 11 heteroatoms. The summed E-state index contributed by atoms with van der Waals surface area (Å²) < 4.78 is 5.00. The molecule has 1 aliphatic rings. The summed E-state index contributed by atoms with van der Waals surface area (Å²) in [5.74, 6) is -2.42. The number of carbonyl (C=O) groups excluding carboxylic acids is 3. The summed E-state index contributed by atoms with van der Waals surface area (Å²) >= 11 is 0. The average Bonchev–Trinajstić information content (AvgIpc) is 3.36. The smallest absolute Gasteiger partial charge is 0.414 e. The number of carboxylic acid groups (broad SMARTS) is 1. The molecule has 38 heavy (non-hydrogen) atoms. The van der Waals surface area contributed by atoms with Crippen molar-refractivity contribution < 1.29 is 34.1 Å². The van der Waals surface area contributed by atoms with Crippen LogP contribution in [-0.4, -0.2) is 76.3 Å². The lowest BCUT2D eigenvalue weighted by molar-refractivity contribution is -0.142. The number of β-amino-alcohol motifs (C(OH)–C–C–N with tert-alkyl or cyclic N) is 1. The lowest BCUT2D eigenvalue weighted by Gasteiger charge is -2.30. The Balaban J connectivity index is 1.55. The first-order valence-electron chi connectivity index (χ1n) is 12.5. The van der Waals surface area contributed by atoms with Crippen LogP contribution >= 0.6 is 0 Å². The number of carbonyl (C=O) groups is 4. The fraction of sp³-hybridized carbons (Fsp3) is 0.407. The van der Waals surface area contributed by atoms with Gasteiger partial charge < -0.3 is 26.0 Å². The maximum atomic E-state index is 12.8. The maximum Gasteiger partial charge on any atom is 0.414 e. The highest BCUT2D eigenvalue weighted by atomic mass is 16.5. The summed E-state index contributed by atoms with van der Waals surface area (Å²) in [6.07, 6.45) is -1.06. The number of hydrogen-bond donors (Lipinski definition) is 5. The predicted molar refractivity (Wildman–Crippen MR) is 138 cm³/mol. The Morgan fingerprint density at radius 2 is 1.66 bits per heavy atom. The molecule has 2 aromatic rings. The highest BCUT2D eigenvalue weighted by molar-refractivity contribution is 5.95. The van der Waals surface area contributed by atoms with Crippen LogP contribution in [0, 0.1) is 0 Å². The van der Waals surface area contributed by atoms with E-state index in [1.807, 2.05) is 41.7 Å². The molecule has 1 fully saturated rings. The minimum Gasteiger partial charge on any atom is -0.480 e. The van der Waals surface area contributed by atoms with Crippen molar-refractivity contribution in [3.63, 3.8) is 0 Å². The van der Waals surface area contributed by atoms with Crippen LogP contribution in [0.3, 0.4) is 0 Å². The van der Waals surface area contributed by atoms with Crippen molar-refractivity contribution >= 4 is 23.9 Å². The normalized spacial score (nSPS) is 17.7. The Hall–Kier alpha value is -3.80. The molecule has 0 saturated carbocycles. The van der Waals surface area contributed by atoms with E-state index in [0.717, 1.165) is 11.1 Å². The van der Waals surface area contributed by atoms with Crippen LogP contribution in [-0.2, 0) is 32.1 Å². The first-order chi connectivity index (χ1) is 18.2. The highest BCUT2D eigenvalue weighted by Crippen LogP contribution is 2.19. The van der Waals surface area contributed by atoms with Gasteiger partial charge in [0.1, 0.15) is 12.6 Å². The number of rotatable bonds is 12. The maximum absolute atomic E-state index is 12.8. The van der Waals surface area contributed by atoms with Gasteiger partial charge in [0, 0.05) is 6.54 Å². The number of aliphatic hydroxyl groups excluding tert-OH is 1. The number of hydrogen-bond acceptors (Lipinski definition) is 8. The zero-order valence-corrected chi connectivity index (χ0v) is 21.0. The van der Waals surface area contributed by atoms with E-state index in [-0.39, 0.29) is 19.6 Å².